The van der Waals surface area contributed by atoms with Crippen molar-refractivity contribution in [1.82, 2.24) is 20.1 Å². The minimum atomic E-state index is -0.351. The van der Waals surface area contributed by atoms with E-state index in [2.05, 4.69) is 20.9 Å². The van der Waals surface area contributed by atoms with E-state index in [1.807, 2.05) is 72.8 Å². The van der Waals surface area contributed by atoms with Gasteiger partial charge in [0.05, 0.1) is 11.3 Å². The van der Waals surface area contributed by atoms with E-state index < -0.39 is 0 Å². The predicted octanol–water partition coefficient (Wildman–Crippen LogP) is 5.51. The number of para-hydroxylation sites is 1. The SMILES string of the molecule is O=C(NCc1ccncc1)Nc1cccc(NC(=O)c2cn(-c3ccccc3)nc2-c2ccccc2)c1. The molecule has 0 saturated carbocycles. The molecule has 5 rings (SSSR count). The van der Waals surface area contributed by atoms with Gasteiger partial charge in [-0.05, 0) is 48.0 Å². The van der Waals surface area contributed by atoms with Crippen molar-refractivity contribution in [2.24, 2.45) is 0 Å². The number of hydrogen-bond donors (Lipinski definition) is 3. The Bertz CT molecular complexity index is 1500. The first-order chi connectivity index (χ1) is 18.2. The van der Waals surface area contributed by atoms with Gasteiger partial charge in [0.1, 0.15) is 5.69 Å². The largest absolute Gasteiger partial charge is 0.334 e. The summed E-state index contributed by atoms with van der Waals surface area (Å²) in [7, 11) is 0. The third kappa shape index (κ3) is 5.88. The number of rotatable bonds is 7. The zero-order valence-electron chi connectivity index (χ0n) is 19.8. The van der Waals surface area contributed by atoms with Crippen LogP contribution in [0.3, 0.4) is 0 Å². The van der Waals surface area contributed by atoms with Gasteiger partial charge >= 0.3 is 6.03 Å². The highest BCUT2D eigenvalue weighted by Crippen LogP contribution is 2.25. The second-order valence-electron chi connectivity index (χ2n) is 8.24. The summed E-state index contributed by atoms with van der Waals surface area (Å²) in [4.78, 5) is 29.7. The molecule has 0 saturated heterocycles. The van der Waals surface area contributed by atoms with Crippen molar-refractivity contribution in [1.29, 1.82) is 0 Å². The van der Waals surface area contributed by atoms with Gasteiger partial charge in [-0.25, -0.2) is 9.48 Å². The average Bonchev–Trinajstić information content (AvgIpc) is 3.40. The third-order valence-electron chi connectivity index (χ3n) is 5.61. The molecule has 0 aliphatic rings. The van der Waals surface area contributed by atoms with E-state index in [4.69, 9.17) is 5.10 Å². The van der Waals surface area contributed by atoms with Crippen molar-refractivity contribution in [3.63, 3.8) is 0 Å². The summed E-state index contributed by atoms with van der Waals surface area (Å²) in [5.41, 5.74) is 4.73. The van der Waals surface area contributed by atoms with Crippen LogP contribution in [0.1, 0.15) is 15.9 Å². The predicted molar refractivity (Wildman–Crippen MR) is 143 cm³/mol. The van der Waals surface area contributed by atoms with Gasteiger partial charge < -0.3 is 16.0 Å². The van der Waals surface area contributed by atoms with Gasteiger partial charge in [-0.2, -0.15) is 5.10 Å². The summed E-state index contributed by atoms with van der Waals surface area (Å²) in [6.45, 7) is 0.373. The zero-order valence-corrected chi connectivity index (χ0v) is 19.8. The van der Waals surface area contributed by atoms with Gasteiger partial charge in [0, 0.05) is 42.1 Å². The lowest BCUT2D eigenvalue weighted by molar-refractivity contribution is 0.102. The molecule has 3 aromatic carbocycles. The maximum Gasteiger partial charge on any atom is 0.319 e. The molecule has 182 valence electrons. The van der Waals surface area contributed by atoms with Crippen LogP contribution in [0, 0.1) is 0 Å². The smallest absolute Gasteiger partial charge is 0.319 e. The molecule has 0 atom stereocenters. The molecule has 0 spiro atoms. The Morgan fingerprint density at radius 1 is 0.757 bits per heavy atom. The van der Waals surface area contributed by atoms with Crippen LogP contribution in [0.25, 0.3) is 16.9 Å². The number of carbonyl (C=O) groups is 2. The van der Waals surface area contributed by atoms with Crippen molar-refractivity contribution < 1.29 is 9.59 Å². The molecule has 0 aliphatic heterocycles. The summed E-state index contributed by atoms with van der Waals surface area (Å²) >= 11 is 0. The molecule has 3 N–H and O–H groups in total. The lowest BCUT2D eigenvalue weighted by Crippen LogP contribution is -2.28. The first-order valence-corrected chi connectivity index (χ1v) is 11.7. The van der Waals surface area contributed by atoms with Crippen LogP contribution in [-0.4, -0.2) is 26.7 Å². The summed E-state index contributed by atoms with van der Waals surface area (Å²) in [5.74, 6) is -0.305. The molecule has 37 heavy (non-hydrogen) atoms. The van der Waals surface area contributed by atoms with Crippen molar-refractivity contribution in [3.8, 4) is 16.9 Å². The fourth-order valence-corrected chi connectivity index (χ4v) is 3.79. The van der Waals surface area contributed by atoms with Crippen LogP contribution in [-0.2, 0) is 6.54 Å². The highest BCUT2D eigenvalue weighted by Gasteiger charge is 2.19. The minimum absolute atomic E-state index is 0.305. The van der Waals surface area contributed by atoms with Gasteiger partial charge in [0.15, 0.2) is 0 Å². The van der Waals surface area contributed by atoms with Crippen LogP contribution in [0.4, 0.5) is 16.2 Å². The van der Waals surface area contributed by atoms with Gasteiger partial charge in [-0.3, -0.25) is 9.78 Å². The van der Waals surface area contributed by atoms with E-state index in [-0.39, 0.29) is 11.9 Å². The van der Waals surface area contributed by atoms with E-state index in [1.54, 1.807) is 47.5 Å². The third-order valence-corrected chi connectivity index (χ3v) is 5.61. The number of hydrogen-bond acceptors (Lipinski definition) is 4. The Balaban J connectivity index is 1.32. The van der Waals surface area contributed by atoms with Gasteiger partial charge in [0.2, 0.25) is 0 Å². The molecule has 8 heteroatoms. The topological polar surface area (TPSA) is 101 Å². The van der Waals surface area contributed by atoms with Crippen molar-refractivity contribution in [2.75, 3.05) is 10.6 Å². The van der Waals surface area contributed by atoms with Gasteiger partial charge in [-0.1, -0.05) is 54.6 Å². The van der Waals surface area contributed by atoms with E-state index in [0.29, 0.717) is 29.2 Å². The quantitative estimate of drug-likeness (QED) is 0.281. The Labute approximate surface area is 214 Å². The minimum Gasteiger partial charge on any atom is -0.334 e. The summed E-state index contributed by atoms with van der Waals surface area (Å²) < 4.78 is 1.70. The number of nitrogens with one attached hydrogen (secondary N) is 3. The molecule has 0 radical (unpaired) electrons. The molecule has 0 aliphatic carbocycles. The van der Waals surface area contributed by atoms with Crippen molar-refractivity contribution >= 4 is 23.3 Å². The monoisotopic (exact) mass is 488 g/mol. The maximum absolute atomic E-state index is 13.4. The van der Waals surface area contributed by atoms with Crippen LogP contribution in [0.15, 0.2) is 116 Å². The Morgan fingerprint density at radius 2 is 1.43 bits per heavy atom. The molecule has 0 fully saturated rings. The number of urea groups is 1. The van der Waals surface area contributed by atoms with E-state index in [1.165, 1.54) is 0 Å². The second-order valence-corrected chi connectivity index (χ2v) is 8.24. The number of anilines is 2. The molecular weight excluding hydrogens is 464 g/mol. The zero-order chi connectivity index (χ0) is 25.5. The normalized spacial score (nSPS) is 10.5. The highest BCUT2D eigenvalue weighted by atomic mass is 16.2. The van der Waals surface area contributed by atoms with Crippen molar-refractivity contribution in [3.05, 3.63) is 127 Å². The van der Waals surface area contributed by atoms with E-state index >= 15 is 0 Å². The molecule has 3 amide bonds. The molecule has 5 aromatic rings. The number of benzene rings is 3. The van der Waals surface area contributed by atoms with Gasteiger partial charge in [-0.15, -0.1) is 0 Å². The molecule has 0 unspecified atom stereocenters. The maximum atomic E-state index is 13.4. The number of pyridine rings is 1. The fourth-order valence-electron chi connectivity index (χ4n) is 3.79. The average molecular weight is 489 g/mol. The Morgan fingerprint density at radius 3 is 2.16 bits per heavy atom. The highest BCUT2D eigenvalue weighted by molar-refractivity contribution is 6.08. The molecular formula is C29H24N6O2. The summed E-state index contributed by atoms with van der Waals surface area (Å²) in [6, 6.07) is 29.5. The van der Waals surface area contributed by atoms with E-state index in [0.717, 1.165) is 16.8 Å². The number of nitrogens with zero attached hydrogens (tertiary/aromatic N) is 3. The number of amides is 3. The lowest BCUT2D eigenvalue weighted by atomic mass is 10.1. The summed E-state index contributed by atoms with van der Waals surface area (Å²) in [5, 5.41) is 13.2. The number of carbonyl (C=O) groups excluding carboxylic acids is 2. The molecule has 2 aromatic heterocycles. The van der Waals surface area contributed by atoms with Crippen LogP contribution >= 0.6 is 0 Å². The summed E-state index contributed by atoms with van der Waals surface area (Å²) in [6.07, 6.45) is 5.07. The van der Waals surface area contributed by atoms with Crippen LogP contribution < -0.4 is 16.0 Å². The molecule has 0 bridgehead atoms. The standard InChI is InChI=1S/C29H24N6O2/c36-28(26-20-35(25-12-5-2-6-13-25)34-27(26)22-8-3-1-4-9-22)32-23-10-7-11-24(18-23)33-29(37)31-19-21-14-16-30-17-15-21/h1-18,20H,19H2,(H,32,36)(H2,31,33,37). The first-order valence-electron chi connectivity index (χ1n) is 11.7. The van der Waals surface area contributed by atoms with Crippen LogP contribution in [0.5, 0.6) is 0 Å². The Kier molecular flexibility index (Phi) is 6.99. The van der Waals surface area contributed by atoms with Gasteiger partial charge in [0.25, 0.3) is 5.91 Å². The van der Waals surface area contributed by atoms with E-state index in [9.17, 15) is 9.59 Å². The second kappa shape index (κ2) is 11.0. The number of aromatic nitrogens is 3. The molecule has 8 nitrogen and oxygen atoms in total. The first kappa shape index (κ1) is 23.5. The Hall–Kier alpha value is -5.24. The fraction of sp³-hybridized carbons (Fsp3) is 0.0345. The lowest BCUT2D eigenvalue weighted by Gasteiger charge is -2.10. The van der Waals surface area contributed by atoms with Crippen molar-refractivity contribution in [2.45, 2.75) is 6.54 Å². The molecule has 2 heterocycles. The van der Waals surface area contributed by atoms with Crippen LogP contribution in [0.2, 0.25) is 0 Å².